The van der Waals surface area contributed by atoms with E-state index in [1.165, 1.54) is 12.8 Å². The number of hydrogen-bond donors (Lipinski definition) is 1. The van der Waals surface area contributed by atoms with Gasteiger partial charge in [0.15, 0.2) is 11.5 Å². The highest BCUT2D eigenvalue weighted by Crippen LogP contribution is 2.39. The van der Waals surface area contributed by atoms with Gasteiger partial charge in [0.05, 0.1) is 5.69 Å². The Labute approximate surface area is 169 Å². The summed E-state index contributed by atoms with van der Waals surface area (Å²) in [7, 11) is 0. The number of carbonyl (C=O) groups excluding carboxylic acids is 1. The van der Waals surface area contributed by atoms with Crippen molar-refractivity contribution in [3.8, 4) is 0 Å². The number of rotatable bonds is 3. The molecule has 5 rings (SSSR count). The first-order valence-corrected chi connectivity index (χ1v) is 10.5. The molecule has 8 heteroatoms. The summed E-state index contributed by atoms with van der Waals surface area (Å²) in [6, 6.07) is 5.96. The van der Waals surface area contributed by atoms with Crippen LogP contribution >= 0.6 is 0 Å². The largest absolute Gasteiger partial charge is 0.337 e. The quantitative estimate of drug-likeness (QED) is 0.738. The maximum Gasteiger partial charge on any atom is 0.274 e. The van der Waals surface area contributed by atoms with Crippen LogP contribution in [0.25, 0.3) is 5.65 Å². The topological polar surface area (TPSA) is 92.1 Å². The van der Waals surface area contributed by atoms with Crippen LogP contribution in [-0.4, -0.2) is 53.9 Å². The molecule has 1 aliphatic heterocycles. The molecule has 0 radical (unpaired) electrons. The minimum atomic E-state index is -0.0560. The lowest BCUT2D eigenvalue weighted by molar-refractivity contribution is 0.0704. The number of likely N-dealkylation sites (tertiary alicyclic amines) is 1. The summed E-state index contributed by atoms with van der Waals surface area (Å²) in [5.41, 5.74) is 3.35. The van der Waals surface area contributed by atoms with Crippen LogP contribution in [0.4, 0.5) is 0 Å². The Morgan fingerprint density at radius 2 is 1.83 bits per heavy atom. The molecule has 4 heterocycles. The van der Waals surface area contributed by atoms with Crippen LogP contribution in [0, 0.1) is 0 Å². The average molecular weight is 393 g/mol. The van der Waals surface area contributed by atoms with Gasteiger partial charge >= 0.3 is 0 Å². The fourth-order valence-electron chi connectivity index (χ4n) is 3.99. The predicted octanol–water partition coefficient (Wildman–Crippen LogP) is 3.04. The number of H-pyrrole nitrogens is 1. The normalized spacial score (nSPS) is 18.5. The molecule has 8 nitrogen and oxygen atoms in total. The van der Waals surface area contributed by atoms with E-state index in [-0.39, 0.29) is 17.2 Å². The summed E-state index contributed by atoms with van der Waals surface area (Å²) < 4.78 is 1.92. The van der Waals surface area contributed by atoms with Gasteiger partial charge in [-0.05, 0) is 43.9 Å². The molecule has 0 atom stereocenters. The van der Waals surface area contributed by atoms with Crippen molar-refractivity contribution in [2.75, 3.05) is 13.1 Å². The van der Waals surface area contributed by atoms with Gasteiger partial charge in [-0.25, -0.2) is 0 Å². The molecular formula is C21H27N7O. The molecule has 0 spiro atoms. The van der Waals surface area contributed by atoms with Crippen molar-refractivity contribution in [3.05, 3.63) is 41.1 Å². The molecule has 1 amide bonds. The smallest absolute Gasteiger partial charge is 0.274 e. The van der Waals surface area contributed by atoms with Crippen molar-refractivity contribution >= 4 is 11.6 Å². The standard InChI is InChI=1S/C21H27N7O/c1-21(2,3)17-12-16(22-23-17)20(29)27-10-8-14(9-11-27)19-25-24-18-7-6-15(13-4-5-13)26-28(18)19/h6-7,12-14H,4-5,8-11H2,1-3H3,(H,22,23). The number of carbonyl (C=O) groups is 1. The second kappa shape index (κ2) is 6.64. The molecule has 2 fully saturated rings. The van der Waals surface area contributed by atoms with Crippen molar-refractivity contribution in [2.45, 2.75) is 63.7 Å². The third-order valence-electron chi connectivity index (χ3n) is 6.06. The first-order valence-electron chi connectivity index (χ1n) is 10.5. The maximum atomic E-state index is 12.9. The van der Waals surface area contributed by atoms with Crippen LogP contribution in [0.1, 0.15) is 86.0 Å². The summed E-state index contributed by atoms with van der Waals surface area (Å²) in [6.45, 7) is 7.69. The second-order valence-corrected chi connectivity index (χ2v) is 9.34. The molecule has 29 heavy (non-hydrogen) atoms. The molecule has 1 saturated carbocycles. The lowest BCUT2D eigenvalue weighted by Crippen LogP contribution is -2.38. The van der Waals surface area contributed by atoms with Crippen molar-refractivity contribution in [3.63, 3.8) is 0 Å². The highest BCUT2D eigenvalue weighted by molar-refractivity contribution is 5.92. The predicted molar refractivity (Wildman–Crippen MR) is 108 cm³/mol. The van der Waals surface area contributed by atoms with E-state index in [0.717, 1.165) is 35.7 Å². The van der Waals surface area contributed by atoms with Gasteiger partial charge in [-0.3, -0.25) is 9.89 Å². The van der Waals surface area contributed by atoms with Gasteiger partial charge in [0.2, 0.25) is 0 Å². The van der Waals surface area contributed by atoms with Crippen molar-refractivity contribution in [1.29, 1.82) is 0 Å². The van der Waals surface area contributed by atoms with Gasteiger partial charge in [0.1, 0.15) is 5.69 Å². The van der Waals surface area contributed by atoms with E-state index in [2.05, 4.69) is 47.2 Å². The third kappa shape index (κ3) is 3.41. The SMILES string of the molecule is CC(C)(C)c1cc(C(=O)N2CCC(c3nnc4ccc(C5CC5)nn34)CC2)n[nH]1. The first kappa shape index (κ1) is 18.3. The Bertz CT molecular complexity index is 1050. The second-order valence-electron chi connectivity index (χ2n) is 9.34. The van der Waals surface area contributed by atoms with E-state index in [0.29, 0.717) is 24.7 Å². The zero-order chi connectivity index (χ0) is 20.2. The van der Waals surface area contributed by atoms with Crippen LogP contribution in [0.5, 0.6) is 0 Å². The van der Waals surface area contributed by atoms with Crippen molar-refractivity contribution in [2.24, 2.45) is 0 Å². The lowest BCUT2D eigenvalue weighted by atomic mass is 9.92. The van der Waals surface area contributed by atoms with Gasteiger partial charge in [-0.15, -0.1) is 10.2 Å². The van der Waals surface area contributed by atoms with E-state index >= 15 is 0 Å². The number of nitrogens with one attached hydrogen (secondary N) is 1. The number of amides is 1. The van der Waals surface area contributed by atoms with Crippen LogP contribution in [0.2, 0.25) is 0 Å². The summed E-state index contributed by atoms with van der Waals surface area (Å²) >= 11 is 0. The summed E-state index contributed by atoms with van der Waals surface area (Å²) in [5.74, 6) is 1.78. The molecule has 1 N–H and O–H groups in total. The fourth-order valence-corrected chi connectivity index (χ4v) is 3.99. The Morgan fingerprint density at radius 1 is 1.07 bits per heavy atom. The number of fused-ring (bicyclic) bond motifs is 1. The molecular weight excluding hydrogens is 366 g/mol. The van der Waals surface area contributed by atoms with Gasteiger partial charge in [0.25, 0.3) is 5.91 Å². The highest BCUT2D eigenvalue weighted by atomic mass is 16.2. The van der Waals surface area contributed by atoms with Gasteiger partial charge in [0, 0.05) is 36.0 Å². The molecule has 0 unspecified atom stereocenters. The monoisotopic (exact) mass is 393 g/mol. The molecule has 3 aromatic rings. The van der Waals surface area contributed by atoms with Crippen LogP contribution in [-0.2, 0) is 5.41 Å². The fraction of sp³-hybridized carbons (Fsp3) is 0.571. The number of nitrogens with zero attached hydrogens (tertiary/aromatic N) is 6. The molecule has 0 bridgehead atoms. The molecule has 3 aromatic heterocycles. The lowest BCUT2D eigenvalue weighted by Gasteiger charge is -2.30. The number of hydrogen-bond acceptors (Lipinski definition) is 5. The Kier molecular flexibility index (Phi) is 4.18. The number of aromatic amines is 1. The van der Waals surface area contributed by atoms with Crippen LogP contribution in [0.15, 0.2) is 18.2 Å². The van der Waals surface area contributed by atoms with E-state index in [1.807, 2.05) is 21.5 Å². The summed E-state index contributed by atoms with van der Waals surface area (Å²) in [6.07, 6.45) is 4.16. The Balaban J connectivity index is 1.29. The van der Waals surface area contributed by atoms with Crippen molar-refractivity contribution < 1.29 is 4.79 Å². The molecule has 1 saturated heterocycles. The van der Waals surface area contributed by atoms with E-state index in [9.17, 15) is 4.79 Å². The minimum absolute atomic E-state index is 0.00422. The van der Waals surface area contributed by atoms with Gasteiger partial charge < -0.3 is 4.90 Å². The summed E-state index contributed by atoms with van der Waals surface area (Å²) in [4.78, 5) is 14.8. The maximum absolute atomic E-state index is 12.9. The first-order chi connectivity index (χ1) is 13.9. The number of piperidine rings is 1. The highest BCUT2D eigenvalue weighted by Gasteiger charge is 2.30. The van der Waals surface area contributed by atoms with Crippen molar-refractivity contribution in [1.82, 2.24) is 34.9 Å². The van der Waals surface area contributed by atoms with Gasteiger partial charge in [-0.1, -0.05) is 20.8 Å². The summed E-state index contributed by atoms with van der Waals surface area (Å²) in [5, 5.41) is 20.8. The molecule has 0 aromatic carbocycles. The van der Waals surface area contributed by atoms with E-state index in [4.69, 9.17) is 5.10 Å². The minimum Gasteiger partial charge on any atom is -0.337 e. The Morgan fingerprint density at radius 3 is 2.48 bits per heavy atom. The van der Waals surface area contributed by atoms with Crippen LogP contribution < -0.4 is 0 Å². The zero-order valence-corrected chi connectivity index (χ0v) is 17.2. The third-order valence-corrected chi connectivity index (χ3v) is 6.06. The molecule has 1 aliphatic carbocycles. The van der Waals surface area contributed by atoms with E-state index < -0.39 is 0 Å². The zero-order valence-electron chi connectivity index (χ0n) is 17.2. The number of aromatic nitrogens is 6. The average Bonchev–Trinajstić information content (AvgIpc) is 3.27. The molecule has 152 valence electrons. The van der Waals surface area contributed by atoms with Crippen LogP contribution in [0.3, 0.4) is 0 Å². The molecule has 2 aliphatic rings. The Hall–Kier alpha value is -2.77. The van der Waals surface area contributed by atoms with Gasteiger partial charge in [-0.2, -0.15) is 14.7 Å². The van der Waals surface area contributed by atoms with E-state index in [1.54, 1.807) is 0 Å².